The summed E-state index contributed by atoms with van der Waals surface area (Å²) >= 11 is 0. The van der Waals surface area contributed by atoms with Crippen LogP contribution >= 0.6 is 24.0 Å². The van der Waals surface area contributed by atoms with Crippen LogP contribution in [0.25, 0.3) is 0 Å². The molecule has 156 valence electrons. The van der Waals surface area contributed by atoms with Gasteiger partial charge in [-0.25, -0.2) is 4.98 Å². The van der Waals surface area contributed by atoms with E-state index in [4.69, 9.17) is 9.73 Å². The van der Waals surface area contributed by atoms with Crippen molar-refractivity contribution in [3.05, 3.63) is 18.7 Å². The zero-order valence-corrected chi connectivity index (χ0v) is 19.9. The van der Waals surface area contributed by atoms with Crippen LogP contribution in [-0.2, 0) is 4.74 Å². The Bertz CT molecular complexity index is 534. The maximum Gasteiger partial charge on any atom is 0.193 e. The average molecular weight is 491 g/mol. The summed E-state index contributed by atoms with van der Waals surface area (Å²) in [6.45, 7) is 15.4. The summed E-state index contributed by atoms with van der Waals surface area (Å²) in [7, 11) is 0. The molecule has 3 unspecified atom stereocenters. The van der Waals surface area contributed by atoms with E-state index in [9.17, 15) is 0 Å². The molecule has 2 heterocycles. The van der Waals surface area contributed by atoms with Gasteiger partial charge in [-0.3, -0.25) is 4.99 Å². The molecule has 1 aliphatic heterocycles. The molecule has 0 bridgehead atoms. The number of ether oxygens (including phenoxy) is 1. The van der Waals surface area contributed by atoms with Gasteiger partial charge in [0.15, 0.2) is 5.96 Å². The Kier molecular flexibility index (Phi) is 11.3. The van der Waals surface area contributed by atoms with Gasteiger partial charge in [0.25, 0.3) is 0 Å². The number of nitrogens with zero attached hydrogens (tertiary/aromatic N) is 4. The monoisotopic (exact) mass is 491 g/mol. The molecular weight excluding hydrogens is 453 g/mol. The fourth-order valence-electron chi connectivity index (χ4n) is 3.64. The van der Waals surface area contributed by atoms with Gasteiger partial charge in [0.05, 0.1) is 18.5 Å². The molecule has 1 N–H and O–H groups in total. The quantitative estimate of drug-likeness (QED) is 0.342. The van der Waals surface area contributed by atoms with Gasteiger partial charge in [0.2, 0.25) is 0 Å². The van der Waals surface area contributed by atoms with Crippen LogP contribution in [0.1, 0.15) is 53.5 Å². The van der Waals surface area contributed by atoms with Crippen LogP contribution in [0.3, 0.4) is 0 Å². The van der Waals surface area contributed by atoms with E-state index in [0.717, 1.165) is 45.2 Å². The van der Waals surface area contributed by atoms with Crippen LogP contribution in [0.15, 0.2) is 23.7 Å². The normalized spacial score (nSPS) is 21.9. The molecule has 0 aliphatic carbocycles. The third-order valence-corrected chi connectivity index (χ3v) is 5.26. The Morgan fingerprint density at radius 1 is 1.37 bits per heavy atom. The van der Waals surface area contributed by atoms with Crippen molar-refractivity contribution >= 4 is 29.9 Å². The van der Waals surface area contributed by atoms with Gasteiger partial charge in [-0.2, -0.15) is 0 Å². The highest BCUT2D eigenvalue weighted by molar-refractivity contribution is 14.0. The van der Waals surface area contributed by atoms with Crippen molar-refractivity contribution in [1.29, 1.82) is 0 Å². The zero-order chi connectivity index (χ0) is 18.9. The molecule has 0 spiro atoms. The van der Waals surface area contributed by atoms with Crippen molar-refractivity contribution < 1.29 is 4.74 Å². The summed E-state index contributed by atoms with van der Waals surface area (Å²) in [6, 6.07) is 0.446. The summed E-state index contributed by atoms with van der Waals surface area (Å²) in [4.78, 5) is 11.5. The Labute approximate surface area is 182 Å². The van der Waals surface area contributed by atoms with Crippen molar-refractivity contribution in [1.82, 2.24) is 19.8 Å². The highest BCUT2D eigenvalue weighted by Gasteiger charge is 2.28. The number of nitrogens with one attached hydrogen (secondary N) is 1. The van der Waals surface area contributed by atoms with E-state index >= 15 is 0 Å². The highest BCUT2D eigenvalue weighted by Crippen LogP contribution is 2.27. The minimum Gasteiger partial charge on any atom is -0.378 e. The number of rotatable bonds is 8. The van der Waals surface area contributed by atoms with Crippen LogP contribution in [0.2, 0.25) is 0 Å². The van der Waals surface area contributed by atoms with E-state index in [0.29, 0.717) is 17.9 Å². The first-order chi connectivity index (χ1) is 12.6. The lowest BCUT2D eigenvalue weighted by Crippen LogP contribution is -2.49. The van der Waals surface area contributed by atoms with Gasteiger partial charge in [0.1, 0.15) is 0 Å². The number of guanidine groups is 1. The first-order valence-corrected chi connectivity index (χ1v) is 10.2. The maximum absolute atomic E-state index is 5.86. The summed E-state index contributed by atoms with van der Waals surface area (Å²) in [6.07, 6.45) is 8.29. The number of aliphatic imine (C=N–C) groups is 1. The molecule has 0 saturated carbocycles. The SMILES string of the molecule is CCNC(=NCCC(OCC)C(C)C)N1CCC(C)C(n2ccnc2)C1.I. The lowest BCUT2D eigenvalue weighted by atomic mass is 9.93. The third kappa shape index (κ3) is 7.25. The topological polar surface area (TPSA) is 54.7 Å². The molecule has 0 aromatic carbocycles. The molecule has 1 aromatic heterocycles. The van der Waals surface area contributed by atoms with E-state index < -0.39 is 0 Å². The predicted molar refractivity (Wildman–Crippen MR) is 123 cm³/mol. The number of halogens is 1. The zero-order valence-electron chi connectivity index (χ0n) is 17.6. The molecule has 27 heavy (non-hydrogen) atoms. The van der Waals surface area contributed by atoms with Gasteiger partial charge < -0.3 is 19.5 Å². The molecule has 1 aromatic rings. The Balaban J connectivity index is 0.00000364. The molecule has 1 aliphatic rings. The molecule has 1 saturated heterocycles. The lowest BCUT2D eigenvalue weighted by Gasteiger charge is -2.39. The largest absolute Gasteiger partial charge is 0.378 e. The first-order valence-electron chi connectivity index (χ1n) is 10.2. The van der Waals surface area contributed by atoms with Gasteiger partial charge in [0, 0.05) is 45.2 Å². The summed E-state index contributed by atoms with van der Waals surface area (Å²) < 4.78 is 8.10. The van der Waals surface area contributed by atoms with Crippen LogP contribution in [-0.4, -0.2) is 59.3 Å². The summed E-state index contributed by atoms with van der Waals surface area (Å²) in [5.41, 5.74) is 0. The van der Waals surface area contributed by atoms with E-state index in [1.807, 2.05) is 12.5 Å². The fraction of sp³-hybridized carbons (Fsp3) is 0.800. The average Bonchev–Trinajstić information content (AvgIpc) is 3.15. The van der Waals surface area contributed by atoms with Crippen molar-refractivity contribution in [3.63, 3.8) is 0 Å². The number of hydrogen-bond acceptors (Lipinski definition) is 3. The number of imidazole rings is 1. The Morgan fingerprint density at radius 3 is 2.74 bits per heavy atom. The predicted octanol–water partition coefficient (Wildman–Crippen LogP) is 3.80. The van der Waals surface area contributed by atoms with Crippen LogP contribution in [0.4, 0.5) is 0 Å². The number of aromatic nitrogens is 2. The van der Waals surface area contributed by atoms with Crippen LogP contribution in [0.5, 0.6) is 0 Å². The molecule has 3 atom stereocenters. The van der Waals surface area contributed by atoms with Crippen molar-refractivity contribution in [2.75, 3.05) is 32.8 Å². The Morgan fingerprint density at radius 2 is 2.15 bits per heavy atom. The molecule has 0 radical (unpaired) electrons. The first kappa shape index (κ1) is 24.2. The van der Waals surface area contributed by atoms with Crippen molar-refractivity contribution in [3.8, 4) is 0 Å². The van der Waals surface area contributed by atoms with Crippen molar-refractivity contribution in [2.24, 2.45) is 16.8 Å². The van der Waals surface area contributed by atoms with E-state index in [1.165, 1.54) is 6.42 Å². The third-order valence-electron chi connectivity index (χ3n) is 5.26. The Hall–Kier alpha value is -0.830. The van der Waals surface area contributed by atoms with Crippen LogP contribution < -0.4 is 5.32 Å². The summed E-state index contributed by atoms with van der Waals surface area (Å²) in [5.74, 6) is 2.20. The summed E-state index contributed by atoms with van der Waals surface area (Å²) in [5, 5.41) is 3.48. The fourth-order valence-corrected chi connectivity index (χ4v) is 3.64. The van der Waals surface area contributed by atoms with Crippen LogP contribution in [0, 0.1) is 11.8 Å². The second-order valence-electron chi connectivity index (χ2n) is 7.55. The molecule has 1 fully saturated rings. The standard InChI is InChI=1S/C20H37N5O.HI/c1-6-22-20(23-10-8-19(16(3)4)26-7-2)24-12-9-17(5)18(14-24)25-13-11-21-15-25;/h11,13,15-19H,6-10,12,14H2,1-5H3,(H,22,23);1H. The smallest absolute Gasteiger partial charge is 0.193 e. The molecular formula is C20H38IN5O. The van der Waals surface area contributed by atoms with Gasteiger partial charge in [-0.15, -0.1) is 24.0 Å². The van der Waals surface area contributed by atoms with E-state index in [2.05, 4.69) is 60.6 Å². The van der Waals surface area contributed by atoms with E-state index in [1.54, 1.807) is 0 Å². The van der Waals surface area contributed by atoms with Gasteiger partial charge in [-0.1, -0.05) is 20.8 Å². The molecule has 6 nitrogen and oxygen atoms in total. The highest BCUT2D eigenvalue weighted by atomic mass is 127. The molecule has 2 rings (SSSR count). The number of likely N-dealkylation sites (tertiary alicyclic amines) is 1. The second kappa shape index (κ2) is 12.6. The van der Waals surface area contributed by atoms with Gasteiger partial charge >= 0.3 is 0 Å². The minimum absolute atomic E-state index is 0. The molecule has 7 heteroatoms. The molecule has 0 amide bonds. The number of piperidine rings is 1. The van der Waals surface area contributed by atoms with E-state index in [-0.39, 0.29) is 30.1 Å². The van der Waals surface area contributed by atoms with Crippen molar-refractivity contribution in [2.45, 2.75) is 59.6 Å². The second-order valence-corrected chi connectivity index (χ2v) is 7.55. The van der Waals surface area contributed by atoms with Gasteiger partial charge in [-0.05, 0) is 38.5 Å². The maximum atomic E-state index is 5.86. The minimum atomic E-state index is 0. The number of hydrogen-bond donors (Lipinski definition) is 1. The lowest BCUT2D eigenvalue weighted by molar-refractivity contribution is 0.0266.